The van der Waals surface area contributed by atoms with Crippen LogP contribution in [0.4, 0.5) is 11.5 Å². The summed E-state index contributed by atoms with van der Waals surface area (Å²) < 4.78 is 5.56. The van der Waals surface area contributed by atoms with Crippen LogP contribution in [-0.2, 0) is 0 Å². The Bertz CT molecular complexity index is 519. The standard InChI is InChI=1S/C13H17N3O/c1-8-6-7-15-13(12(8)14)16-10(3)11-5-4-9(2)17-11/h4-7,10H,14H2,1-3H3,(H,15,16). The van der Waals surface area contributed by atoms with Gasteiger partial charge in [0.05, 0.1) is 11.7 Å². The summed E-state index contributed by atoms with van der Waals surface area (Å²) in [6.45, 7) is 5.90. The van der Waals surface area contributed by atoms with Crippen LogP contribution in [0.25, 0.3) is 0 Å². The van der Waals surface area contributed by atoms with Gasteiger partial charge in [0.1, 0.15) is 17.3 Å². The number of pyridine rings is 1. The molecular formula is C13H17N3O. The minimum atomic E-state index is 0.0419. The highest BCUT2D eigenvalue weighted by atomic mass is 16.3. The number of aryl methyl sites for hydroxylation is 2. The maximum atomic E-state index is 5.96. The molecule has 2 aromatic rings. The number of nitrogens with zero attached hydrogens (tertiary/aromatic N) is 1. The van der Waals surface area contributed by atoms with Crippen LogP contribution >= 0.6 is 0 Å². The lowest BCUT2D eigenvalue weighted by molar-refractivity contribution is 0.466. The van der Waals surface area contributed by atoms with Crippen LogP contribution in [0.2, 0.25) is 0 Å². The van der Waals surface area contributed by atoms with E-state index < -0.39 is 0 Å². The van der Waals surface area contributed by atoms with Gasteiger partial charge in [0.15, 0.2) is 0 Å². The number of rotatable bonds is 3. The van der Waals surface area contributed by atoms with Crippen LogP contribution in [0.1, 0.15) is 30.0 Å². The molecule has 0 amide bonds. The second-order valence-electron chi connectivity index (χ2n) is 4.20. The molecule has 3 N–H and O–H groups in total. The van der Waals surface area contributed by atoms with Crippen molar-refractivity contribution in [1.29, 1.82) is 0 Å². The molecule has 2 rings (SSSR count). The molecule has 0 spiro atoms. The second-order valence-corrected chi connectivity index (χ2v) is 4.20. The Morgan fingerprint density at radius 2 is 2.06 bits per heavy atom. The summed E-state index contributed by atoms with van der Waals surface area (Å²) in [6.07, 6.45) is 1.74. The van der Waals surface area contributed by atoms with Gasteiger partial charge in [-0.3, -0.25) is 0 Å². The zero-order valence-corrected chi connectivity index (χ0v) is 10.3. The van der Waals surface area contributed by atoms with Crippen LogP contribution in [0.15, 0.2) is 28.8 Å². The molecule has 1 atom stereocenters. The van der Waals surface area contributed by atoms with Gasteiger partial charge in [-0.05, 0) is 44.5 Å². The fourth-order valence-corrected chi connectivity index (χ4v) is 1.65. The molecule has 0 radical (unpaired) electrons. The maximum absolute atomic E-state index is 5.96. The van der Waals surface area contributed by atoms with Gasteiger partial charge >= 0.3 is 0 Å². The van der Waals surface area contributed by atoms with Crippen molar-refractivity contribution in [3.05, 3.63) is 41.5 Å². The van der Waals surface area contributed by atoms with E-state index in [0.29, 0.717) is 11.5 Å². The van der Waals surface area contributed by atoms with E-state index in [-0.39, 0.29) is 6.04 Å². The highest BCUT2D eigenvalue weighted by molar-refractivity contribution is 5.65. The summed E-state index contributed by atoms with van der Waals surface area (Å²) in [4.78, 5) is 4.23. The van der Waals surface area contributed by atoms with E-state index in [9.17, 15) is 0 Å². The monoisotopic (exact) mass is 231 g/mol. The fourth-order valence-electron chi connectivity index (χ4n) is 1.65. The average Bonchev–Trinajstić information content (AvgIpc) is 2.72. The molecule has 0 aliphatic carbocycles. The van der Waals surface area contributed by atoms with Crippen LogP contribution in [0.3, 0.4) is 0 Å². The molecule has 17 heavy (non-hydrogen) atoms. The maximum Gasteiger partial charge on any atom is 0.150 e. The molecule has 90 valence electrons. The first kappa shape index (κ1) is 11.5. The zero-order valence-electron chi connectivity index (χ0n) is 10.3. The first-order valence-corrected chi connectivity index (χ1v) is 5.62. The topological polar surface area (TPSA) is 64.1 Å². The number of aromatic nitrogens is 1. The van der Waals surface area contributed by atoms with Gasteiger partial charge in [-0.1, -0.05) is 0 Å². The number of hydrogen-bond acceptors (Lipinski definition) is 4. The number of nitrogen functional groups attached to an aromatic ring is 1. The highest BCUT2D eigenvalue weighted by Crippen LogP contribution is 2.25. The molecule has 0 aromatic carbocycles. The fraction of sp³-hybridized carbons (Fsp3) is 0.308. The van der Waals surface area contributed by atoms with E-state index in [1.807, 2.05) is 39.0 Å². The van der Waals surface area contributed by atoms with Crippen LogP contribution < -0.4 is 11.1 Å². The number of furan rings is 1. The normalized spacial score (nSPS) is 12.4. The smallest absolute Gasteiger partial charge is 0.150 e. The average molecular weight is 231 g/mol. The molecule has 2 aromatic heterocycles. The summed E-state index contributed by atoms with van der Waals surface area (Å²) in [7, 11) is 0. The minimum Gasteiger partial charge on any atom is -0.464 e. The lowest BCUT2D eigenvalue weighted by atomic mass is 10.2. The van der Waals surface area contributed by atoms with E-state index in [1.165, 1.54) is 0 Å². The molecular weight excluding hydrogens is 214 g/mol. The summed E-state index contributed by atoms with van der Waals surface area (Å²) in [5.41, 5.74) is 7.66. The Labute approximate surface area is 101 Å². The Kier molecular flexibility index (Phi) is 3.04. The molecule has 0 aliphatic rings. The first-order chi connectivity index (χ1) is 8.08. The Morgan fingerprint density at radius 3 is 2.71 bits per heavy atom. The number of anilines is 2. The van der Waals surface area contributed by atoms with Crippen molar-refractivity contribution < 1.29 is 4.42 Å². The van der Waals surface area contributed by atoms with Gasteiger partial charge in [-0.25, -0.2) is 4.98 Å². The molecule has 2 heterocycles. The number of nitrogens with two attached hydrogens (primary N) is 1. The molecule has 0 bridgehead atoms. The molecule has 0 fully saturated rings. The van der Waals surface area contributed by atoms with Gasteiger partial charge in [0, 0.05) is 6.20 Å². The summed E-state index contributed by atoms with van der Waals surface area (Å²) >= 11 is 0. The van der Waals surface area contributed by atoms with Gasteiger partial charge in [0.25, 0.3) is 0 Å². The van der Waals surface area contributed by atoms with E-state index >= 15 is 0 Å². The molecule has 4 nitrogen and oxygen atoms in total. The van der Waals surface area contributed by atoms with Gasteiger partial charge < -0.3 is 15.5 Å². The van der Waals surface area contributed by atoms with E-state index in [4.69, 9.17) is 10.2 Å². The lowest BCUT2D eigenvalue weighted by Gasteiger charge is -2.14. The predicted octanol–water partition coefficient (Wildman–Crippen LogP) is 3.05. The minimum absolute atomic E-state index is 0.0419. The van der Waals surface area contributed by atoms with Gasteiger partial charge in [-0.15, -0.1) is 0 Å². The Balaban J connectivity index is 2.18. The van der Waals surface area contributed by atoms with Crippen molar-refractivity contribution in [2.24, 2.45) is 0 Å². The molecule has 0 saturated carbocycles. The van der Waals surface area contributed by atoms with Crippen molar-refractivity contribution in [3.63, 3.8) is 0 Å². The molecule has 0 saturated heterocycles. The van der Waals surface area contributed by atoms with Crippen LogP contribution in [0, 0.1) is 13.8 Å². The van der Waals surface area contributed by atoms with Crippen molar-refractivity contribution in [3.8, 4) is 0 Å². The van der Waals surface area contributed by atoms with Crippen LogP contribution in [0.5, 0.6) is 0 Å². The van der Waals surface area contributed by atoms with Crippen LogP contribution in [-0.4, -0.2) is 4.98 Å². The van der Waals surface area contributed by atoms with Crippen molar-refractivity contribution in [1.82, 2.24) is 4.98 Å². The Hall–Kier alpha value is -1.97. The molecule has 1 unspecified atom stereocenters. The number of hydrogen-bond donors (Lipinski definition) is 2. The van der Waals surface area contributed by atoms with Crippen molar-refractivity contribution in [2.45, 2.75) is 26.8 Å². The second kappa shape index (κ2) is 4.49. The molecule has 4 heteroatoms. The van der Waals surface area contributed by atoms with Crippen molar-refractivity contribution >= 4 is 11.5 Å². The third-order valence-corrected chi connectivity index (χ3v) is 2.75. The number of nitrogens with one attached hydrogen (secondary N) is 1. The highest BCUT2D eigenvalue weighted by Gasteiger charge is 2.12. The largest absolute Gasteiger partial charge is 0.464 e. The summed E-state index contributed by atoms with van der Waals surface area (Å²) in [6, 6.07) is 5.84. The lowest BCUT2D eigenvalue weighted by Crippen LogP contribution is -2.09. The summed E-state index contributed by atoms with van der Waals surface area (Å²) in [5.74, 6) is 2.48. The third-order valence-electron chi connectivity index (χ3n) is 2.75. The van der Waals surface area contributed by atoms with Crippen molar-refractivity contribution in [2.75, 3.05) is 11.1 Å². The molecule has 0 aliphatic heterocycles. The van der Waals surface area contributed by atoms with Gasteiger partial charge in [0.2, 0.25) is 0 Å². The van der Waals surface area contributed by atoms with E-state index in [1.54, 1.807) is 6.20 Å². The quantitative estimate of drug-likeness (QED) is 0.852. The predicted molar refractivity (Wildman–Crippen MR) is 68.9 cm³/mol. The Morgan fingerprint density at radius 1 is 1.29 bits per heavy atom. The van der Waals surface area contributed by atoms with Gasteiger partial charge in [-0.2, -0.15) is 0 Å². The third kappa shape index (κ3) is 2.41. The SMILES string of the molecule is Cc1ccc(C(C)Nc2nccc(C)c2N)o1. The van der Waals surface area contributed by atoms with E-state index in [2.05, 4.69) is 10.3 Å². The first-order valence-electron chi connectivity index (χ1n) is 5.62. The summed E-state index contributed by atoms with van der Waals surface area (Å²) in [5, 5.41) is 3.25. The zero-order chi connectivity index (χ0) is 12.4. The van der Waals surface area contributed by atoms with E-state index in [0.717, 1.165) is 17.1 Å².